The smallest absolute Gasteiger partial charge is 0.334 e. The molecule has 0 unspecified atom stereocenters. The van der Waals surface area contributed by atoms with Gasteiger partial charge in [0, 0.05) is 17.8 Å². The van der Waals surface area contributed by atoms with Crippen molar-refractivity contribution in [3.63, 3.8) is 0 Å². The van der Waals surface area contributed by atoms with Gasteiger partial charge >= 0.3 is 12.2 Å². The summed E-state index contributed by atoms with van der Waals surface area (Å²) >= 11 is 0. The summed E-state index contributed by atoms with van der Waals surface area (Å²) in [5.74, 6) is -0.403. The molecular formula is C30H28F3N7O2. The van der Waals surface area contributed by atoms with Crippen LogP contribution in [0, 0.1) is 0 Å². The van der Waals surface area contributed by atoms with Gasteiger partial charge in [0.25, 0.3) is 11.9 Å². The van der Waals surface area contributed by atoms with E-state index in [0.29, 0.717) is 16.8 Å². The first-order valence-electron chi connectivity index (χ1n) is 13.4. The molecule has 1 heterocycles. The predicted octanol–water partition coefficient (Wildman–Crippen LogP) is 6.34. The Morgan fingerprint density at radius 1 is 0.952 bits per heavy atom. The van der Waals surface area contributed by atoms with Gasteiger partial charge in [-0.05, 0) is 83.5 Å². The van der Waals surface area contributed by atoms with Gasteiger partial charge in [0.15, 0.2) is 0 Å². The monoisotopic (exact) mass is 575 g/mol. The molecule has 3 N–H and O–H groups in total. The van der Waals surface area contributed by atoms with Crippen LogP contribution in [0.25, 0.3) is 5.57 Å². The number of H-pyrrole nitrogens is 1. The Labute approximate surface area is 239 Å². The molecule has 0 aliphatic heterocycles. The summed E-state index contributed by atoms with van der Waals surface area (Å²) in [7, 11) is 0. The van der Waals surface area contributed by atoms with Crippen LogP contribution in [-0.4, -0.2) is 32.6 Å². The Morgan fingerprint density at radius 2 is 1.71 bits per heavy atom. The molecule has 216 valence electrons. The molecule has 1 aromatic heterocycles. The lowest BCUT2D eigenvalue weighted by molar-refractivity contribution is -0.138. The maximum absolute atomic E-state index is 13.5. The van der Waals surface area contributed by atoms with E-state index < -0.39 is 23.7 Å². The first-order chi connectivity index (χ1) is 20.3. The number of rotatable bonds is 8. The molecule has 1 aliphatic rings. The predicted molar refractivity (Wildman–Crippen MR) is 151 cm³/mol. The molecule has 5 rings (SSSR count). The molecule has 9 nitrogen and oxygen atoms in total. The molecule has 42 heavy (non-hydrogen) atoms. The van der Waals surface area contributed by atoms with Gasteiger partial charge in [-0.3, -0.25) is 15.0 Å². The number of tetrazole rings is 1. The number of nitrogens with zero attached hydrogens (tertiary/aromatic N) is 4. The van der Waals surface area contributed by atoms with Crippen molar-refractivity contribution >= 4 is 29.1 Å². The van der Waals surface area contributed by atoms with E-state index >= 15 is 0 Å². The number of carbonyl (C=O) groups is 2. The molecule has 3 aromatic carbocycles. The van der Waals surface area contributed by atoms with Crippen LogP contribution in [0.1, 0.15) is 58.3 Å². The van der Waals surface area contributed by atoms with E-state index in [-0.39, 0.29) is 24.6 Å². The Bertz CT molecular complexity index is 1550. The highest BCUT2D eigenvalue weighted by Crippen LogP contribution is 2.32. The fourth-order valence-electron chi connectivity index (χ4n) is 4.79. The second-order valence-electron chi connectivity index (χ2n) is 9.81. The van der Waals surface area contributed by atoms with E-state index in [1.54, 1.807) is 24.3 Å². The largest absolute Gasteiger partial charge is 0.416 e. The molecule has 3 amide bonds. The number of nitrogens with one attached hydrogen (secondary N) is 3. The molecule has 0 atom stereocenters. The van der Waals surface area contributed by atoms with Crippen LogP contribution in [0.3, 0.4) is 0 Å². The Balaban J connectivity index is 1.35. The molecule has 0 bridgehead atoms. The summed E-state index contributed by atoms with van der Waals surface area (Å²) in [6, 6.07) is 18.8. The van der Waals surface area contributed by atoms with Crippen molar-refractivity contribution in [1.29, 1.82) is 0 Å². The number of amides is 3. The molecular weight excluding hydrogens is 547 g/mol. The summed E-state index contributed by atoms with van der Waals surface area (Å²) in [4.78, 5) is 27.4. The summed E-state index contributed by atoms with van der Waals surface area (Å²) in [5, 5.41) is 18.2. The zero-order chi connectivity index (χ0) is 29.5. The Morgan fingerprint density at radius 3 is 2.38 bits per heavy atom. The number of urea groups is 1. The number of allylic oxidation sites excluding steroid dienone is 2. The molecule has 12 heteroatoms. The van der Waals surface area contributed by atoms with Crippen molar-refractivity contribution < 1.29 is 22.8 Å². The molecule has 4 aromatic rings. The zero-order valence-corrected chi connectivity index (χ0v) is 22.5. The zero-order valence-electron chi connectivity index (χ0n) is 22.5. The summed E-state index contributed by atoms with van der Waals surface area (Å²) in [6.07, 6.45) is 2.03. The lowest BCUT2D eigenvalue weighted by atomic mass is 9.93. The van der Waals surface area contributed by atoms with E-state index in [4.69, 9.17) is 0 Å². The van der Waals surface area contributed by atoms with Crippen LogP contribution in [0.2, 0.25) is 0 Å². The van der Waals surface area contributed by atoms with E-state index in [2.05, 4.69) is 37.3 Å². The SMILES string of the molecule is O=C(Nc1nn[nH]n1)c1ccc(CN(C(=O)NCc2ccccc2C(F)(F)F)c2ccc(C3=CCCCC3)cc2)cc1. The molecule has 0 saturated heterocycles. The van der Waals surface area contributed by atoms with Crippen molar-refractivity contribution in [3.05, 3.63) is 107 Å². The molecule has 0 fully saturated rings. The van der Waals surface area contributed by atoms with Gasteiger partial charge in [-0.15, -0.1) is 5.10 Å². The average Bonchev–Trinajstić information content (AvgIpc) is 3.52. The van der Waals surface area contributed by atoms with Crippen molar-refractivity contribution in [2.75, 3.05) is 10.2 Å². The minimum absolute atomic E-state index is 0.0325. The lowest BCUT2D eigenvalue weighted by Gasteiger charge is -2.25. The van der Waals surface area contributed by atoms with Crippen molar-refractivity contribution in [3.8, 4) is 0 Å². The van der Waals surface area contributed by atoms with Crippen LogP contribution in [-0.2, 0) is 19.3 Å². The Kier molecular flexibility index (Phi) is 8.60. The van der Waals surface area contributed by atoms with Crippen molar-refractivity contribution in [2.45, 2.75) is 44.9 Å². The van der Waals surface area contributed by atoms with Crippen molar-refractivity contribution in [2.24, 2.45) is 0 Å². The molecule has 1 aliphatic carbocycles. The fourth-order valence-corrected chi connectivity index (χ4v) is 4.79. The van der Waals surface area contributed by atoms with Gasteiger partial charge in [0.05, 0.1) is 12.1 Å². The molecule has 0 spiro atoms. The number of carbonyl (C=O) groups excluding carboxylic acids is 2. The van der Waals surface area contributed by atoms with Crippen LogP contribution < -0.4 is 15.5 Å². The third-order valence-corrected chi connectivity index (χ3v) is 6.97. The Hall–Kier alpha value is -5.00. The number of aromatic nitrogens is 4. The van der Waals surface area contributed by atoms with Crippen LogP contribution in [0.15, 0.2) is 78.9 Å². The summed E-state index contributed by atoms with van der Waals surface area (Å²) < 4.78 is 40.5. The minimum atomic E-state index is -4.54. The van der Waals surface area contributed by atoms with E-state index in [0.717, 1.165) is 30.9 Å². The van der Waals surface area contributed by atoms with Gasteiger partial charge in [-0.1, -0.05) is 53.6 Å². The minimum Gasteiger partial charge on any atom is -0.334 e. The highest BCUT2D eigenvalue weighted by atomic mass is 19.4. The van der Waals surface area contributed by atoms with Crippen LogP contribution in [0.4, 0.5) is 29.6 Å². The number of anilines is 2. The normalized spacial score (nSPS) is 13.3. The molecule has 0 radical (unpaired) electrons. The van der Waals surface area contributed by atoms with E-state index in [9.17, 15) is 22.8 Å². The molecule has 0 saturated carbocycles. The van der Waals surface area contributed by atoms with E-state index in [1.165, 1.54) is 35.1 Å². The summed E-state index contributed by atoms with van der Waals surface area (Å²) in [5.41, 5.74) is 3.14. The van der Waals surface area contributed by atoms with Crippen molar-refractivity contribution in [1.82, 2.24) is 25.9 Å². The number of hydrogen-bond acceptors (Lipinski definition) is 5. The number of hydrogen-bond donors (Lipinski definition) is 3. The first kappa shape index (κ1) is 28.5. The quantitative estimate of drug-likeness (QED) is 0.227. The number of halogens is 3. The highest BCUT2D eigenvalue weighted by Gasteiger charge is 2.33. The van der Waals surface area contributed by atoms with Gasteiger partial charge in [0.2, 0.25) is 0 Å². The van der Waals surface area contributed by atoms with Gasteiger partial charge in [-0.2, -0.15) is 18.4 Å². The summed E-state index contributed by atoms with van der Waals surface area (Å²) in [6.45, 7) is -0.188. The highest BCUT2D eigenvalue weighted by molar-refractivity contribution is 6.03. The van der Waals surface area contributed by atoms with Gasteiger partial charge in [-0.25, -0.2) is 4.79 Å². The maximum Gasteiger partial charge on any atom is 0.416 e. The number of aromatic amines is 1. The lowest BCUT2D eigenvalue weighted by Crippen LogP contribution is -2.39. The van der Waals surface area contributed by atoms with E-state index in [1.807, 2.05) is 24.3 Å². The second kappa shape index (κ2) is 12.7. The maximum atomic E-state index is 13.5. The van der Waals surface area contributed by atoms with Gasteiger partial charge < -0.3 is 5.32 Å². The van der Waals surface area contributed by atoms with Crippen LogP contribution in [0.5, 0.6) is 0 Å². The standard InChI is InChI=1S/C30H28F3N7O2/c31-30(32,33)26-9-5-4-8-24(26)18-34-29(42)40(25-16-14-22(15-17-25)21-6-2-1-3-7-21)19-20-10-12-23(13-11-20)27(41)35-28-36-38-39-37-28/h4-6,8-17H,1-3,7,18-19H2,(H,34,42)(H2,35,36,37,38,39,41). The number of benzene rings is 3. The number of alkyl halides is 3. The third kappa shape index (κ3) is 7.00. The average molecular weight is 576 g/mol. The third-order valence-electron chi connectivity index (χ3n) is 6.97. The van der Waals surface area contributed by atoms with Crippen LogP contribution >= 0.6 is 0 Å². The fraction of sp³-hybridized carbons (Fsp3) is 0.233. The van der Waals surface area contributed by atoms with Gasteiger partial charge in [0.1, 0.15) is 0 Å². The second-order valence-corrected chi connectivity index (χ2v) is 9.81. The topological polar surface area (TPSA) is 116 Å². The first-order valence-corrected chi connectivity index (χ1v) is 13.4.